The Kier molecular flexibility index (Phi) is 7.06. The van der Waals surface area contributed by atoms with Crippen LogP contribution in [-0.2, 0) is 48.2 Å². The normalized spacial score (nSPS) is 21.0. The maximum absolute atomic E-state index is 13.9. The van der Waals surface area contributed by atoms with Crippen molar-refractivity contribution in [3.05, 3.63) is 78.7 Å². The number of thiazole rings is 2. The van der Waals surface area contributed by atoms with E-state index >= 15 is 0 Å². The highest BCUT2D eigenvalue weighted by Crippen LogP contribution is 2.43. The van der Waals surface area contributed by atoms with Gasteiger partial charge in [-0.3, -0.25) is 19.4 Å². The molecule has 2 aromatic carbocycles. The predicted octanol–water partition coefficient (Wildman–Crippen LogP) is 4.19. The minimum Gasteiger partial charge on any atom is -0.378 e. The van der Waals surface area contributed by atoms with Crippen molar-refractivity contribution >= 4 is 45.9 Å². The Labute approximate surface area is 286 Å². The molecule has 8 heterocycles. The predicted molar refractivity (Wildman–Crippen MR) is 184 cm³/mol. The number of anilines is 2. The Morgan fingerprint density at radius 3 is 1.50 bits per heavy atom. The lowest BCUT2D eigenvalue weighted by Gasteiger charge is -2.38. The van der Waals surface area contributed by atoms with E-state index in [1.54, 1.807) is 22.7 Å². The molecule has 0 radical (unpaired) electrons. The molecular formula is C36H36N6O4S2. The zero-order valence-electron chi connectivity index (χ0n) is 26.7. The number of rotatable bonds is 5. The number of nitrogens with zero attached hydrogens (tertiary/aromatic N) is 6. The van der Waals surface area contributed by atoms with Crippen LogP contribution < -0.4 is 9.80 Å². The van der Waals surface area contributed by atoms with Crippen LogP contribution in [0.4, 0.5) is 11.4 Å². The van der Waals surface area contributed by atoms with E-state index in [0.29, 0.717) is 35.2 Å². The van der Waals surface area contributed by atoms with E-state index < -0.39 is 0 Å². The standard InChI is InChI=1S/C36H36N6O4S2/c43-35(33-37-27-9-11-39(15-31(27)47-33)21-17-45-18-21)41-13-7-25-23(3-1-5-29(25)41)24-4-2-6-30-26(24)8-14-42(30)36(44)34-38-28-10-12-40(16-32(28)48-34)22-19-46-20-22/h1-6,21-22H,7-20H2. The van der Waals surface area contributed by atoms with E-state index in [0.717, 1.165) is 112 Å². The van der Waals surface area contributed by atoms with Gasteiger partial charge in [-0.05, 0) is 47.2 Å². The number of amides is 2. The van der Waals surface area contributed by atoms with E-state index in [9.17, 15) is 9.59 Å². The fourth-order valence-corrected chi connectivity index (χ4v) is 10.3. The summed E-state index contributed by atoms with van der Waals surface area (Å²) in [6, 6.07) is 13.6. The van der Waals surface area contributed by atoms with E-state index in [2.05, 4.69) is 46.2 Å². The van der Waals surface area contributed by atoms with Gasteiger partial charge in [-0.15, -0.1) is 22.7 Å². The van der Waals surface area contributed by atoms with Crippen molar-refractivity contribution in [2.75, 3.05) is 62.4 Å². The topological polar surface area (TPSA) is 91.3 Å². The molecular weight excluding hydrogens is 645 g/mol. The van der Waals surface area contributed by atoms with Crippen molar-refractivity contribution < 1.29 is 19.1 Å². The fraction of sp³-hybridized carbons (Fsp3) is 0.444. The first kappa shape index (κ1) is 29.4. The van der Waals surface area contributed by atoms with Crippen LogP contribution >= 0.6 is 22.7 Å². The molecule has 4 aromatic rings. The summed E-state index contributed by atoms with van der Waals surface area (Å²) in [6.45, 7) is 8.14. The largest absolute Gasteiger partial charge is 0.378 e. The van der Waals surface area contributed by atoms with Crippen molar-refractivity contribution in [1.82, 2.24) is 19.8 Å². The van der Waals surface area contributed by atoms with Gasteiger partial charge in [0.25, 0.3) is 11.8 Å². The number of ether oxygens (including phenoxy) is 2. The maximum atomic E-state index is 13.9. The summed E-state index contributed by atoms with van der Waals surface area (Å²) in [5, 5.41) is 1.18. The van der Waals surface area contributed by atoms with Gasteiger partial charge in [0.2, 0.25) is 0 Å². The Balaban J connectivity index is 0.900. The van der Waals surface area contributed by atoms with Crippen molar-refractivity contribution in [1.29, 1.82) is 0 Å². The molecule has 6 aliphatic rings. The van der Waals surface area contributed by atoms with E-state index in [1.807, 2.05) is 9.80 Å². The van der Waals surface area contributed by atoms with Crippen molar-refractivity contribution in [3.63, 3.8) is 0 Å². The fourth-order valence-electron chi connectivity index (χ4n) is 8.13. The molecule has 0 N–H and O–H groups in total. The van der Waals surface area contributed by atoms with Gasteiger partial charge in [-0.2, -0.15) is 0 Å². The Hall–Kier alpha value is -3.52. The summed E-state index contributed by atoms with van der Waals surface area (Å²) in [5.41, 5.74) is 8.78. The molecule has 0 bridgehead atoms. The van der Waals surface area contributed by atoms with Gasteiger partial charge in [0.05, 0.1) is 49.9 Å². The quantitative estimate of drug-likeness (QED) is 0.310. The molecule has 0 aliphatic carbocycles. The van der Waals surface area contributed by atoms with Gasteiger partial charge in [-0.1, -0.05) is 24.3 Å². The van der Waals surface area contributed by atoms with Gasteiger partial charge < -0.3 is 19.3 Å². The first-order valence-corrected chi connectivity index (χ1v) is 18.7. The third kappa shape index (κ3) is 4.72. The summed E-state index contributed by atoms with van der Waals surface area (Å²) >= 11 is 3.12. The van der Waals surface area contributed by atoms with Crippen molar-refractivity contribution in [2.24, 2.45) is 0 Å². The van der Waals surface area contributed by atoms with Gasteiger partial charge in [0, 0.05) is 73.2 Å². The number of hydrogen-bond acceptors (Lipinski definition) is 10. The van der Waals surface area contributed by atoms with Gasteiger partial charge in [0.1, 0.15) is 0 Å². The molecule has 0 saturated carbocycles. The monoisotopic (exact) mass is 680 g/mol. The van der Waals surface area contributed by atoms with Crippen LogP contribution in [0.5, 0.6) is 0 Å². The lowest BCUT2D eigenvalue weighted by atomic mass is 9.93. The second-order valence-corrected chi connectivity index (χ2v) is 15.8. The third-order valence-electron chi connectivity index (χ3n) is 11.0. The summed E-state index contributed by atoms with van der Waals surface area (Å²) in [6.07, 6.45) is 3.35. The third-order valence-corrected chi connectivity index (χ3v) is 13.1. The van der Waals surface area contributed by atoms with Gasteiger partial charge in [-0.25, -0.2) is 9.97 Å². The molecule has 48 heavy (non-hydrogen) atoms. The Bertz CT molecular complexity index is 1830. The molecule has 2 amide bonds. The highest BCUT2D eigenvalue weighted by atomic mass is 32.1. The molecule has 2 aromatic heterocycles. The summed E-state index contributed by atoms with van der Waals surface area (Å²) in [5.74, 6) is -0.0108. The molecule has 0 unspecified atom stereocenters. The molecule has 0 atom stereocenters. The first-order chi connectivity index (χ1) is 23.6. The van der Waals surface area contributed by atoms with Crippen LogP contribution in [0.3, 0.4) is 0 Å². The van der Waals surface area contributed by atoms with Crippen LogP contribution in [0.25, 0.3) is 11.1 Å². The Morgan fingerprint density at radius 2 is 1.08 bits per heavy atom. The SMILES string of the molecule is O=C(c1nc2c(s1)CN(C1COC1)CC2)N1CCc2c(-c3cccc4c3CCN4C(=O)c3nc4c(s3)CN(C3COC3)CC4)cccc21. The molecule has 10 nitrogen and oxygen atoms in total. The molecule has 2 fully saturated rings. The second kappa shape index (κ2) is 11.5. The summed E-state index contributed by atoms with van der Waals surface area (Å²) in [4.78, 5) is 48.7. The highest BCUT2D eigenvalue weighted by Gasteiger charge is 2.36. The number of fused-ring (bicyclic) bond motifs is 4. The summed E-state index contributed by atoms with van der Waals surface area (Å²) in [7, 11) is 0. The molecule has 0 spiro atoms. The van der Waals surface area contributed by atoms with E-state index in [4.69, 9.17) is 19.4 Å². The molecule has 2 saturated heterocycles. The lowest BCUT2D eigenvalue weighted by Crippen LogP contribution is -2.50. The molecule has 10 rings (SSSR count). The second-order valence-electron chi connectivity index (χ2n) is 13.6. The zero-order valence-corrected chi connectivity index (χ0v) is 28.3. The smallest absolute Gasteiger partial charge is 0.287 e. The average molecular weight is 681 g/mol. The van der Waals surface area contributed by atoms with Crippen LogP contribution in [0, 0.1) is 0 Å². The maximum Gasteiger partial charge on any atom is 0.287 e. The number of carbonyl (C=O) groups is 2. The van der Waals surface area contributed by atoms with Crippen LogP contribution in [-0.4, -0.2) is 96.3 Å². The van der Waals surface area contributed by atoms with E-state index in [-0.39, 0.29) is 11.8 Å². The minimum absolute atomic E-state index is 0.00539. The number of aromatic nitrogens is 2. The number of hydrogen-bond donors (Lipinski definition) is 0. The van der Waals surface area contributed by atoms with Crippen LogP contribution in [0.2, 0.25) is 0 Å². The summed E-state index contributed by atoms with van der Waals surface area (Å²) < 4.78 is 10.8. The average Bonchev–Trinajstić information content (AvgIpc) is 3.85. The minimum atomic E-state index is -0.00539. The highest BCUT2D eigenvalue weighted by molar-refractivity contribution is 7.14. The first-order valence-electron chi connectivity index (χ1n) is 17.1. The Morgan fingerprint density at radius 1 is 0.625 bits per heavy atom. The molecule has 6 aliphatic heterocycles. The molecule has 246 valence electrons. The van der Waals surface area contributed by atoms with E-state index in [1.165, 1.54) is 20.9 Å². The van der Waals surface area contributed by atoms with Gasteiger partial charge >= 0.3 is 0 Å². The van der Waals surface area contributed by atoms with Gasteiger partial charge in [0.15, 0.2) is 10.0 Å². The number of benzene rings is 2. The molecule has 12 heteroatoms. The zero-order chi connectivity index (χ0) is 31.9. The van der Waals surface area contributed by atoms with Crippen LogP contribution in [0.1, 0.15) is 51.9 Å². The van der Waals surface area contributed by atoms with Crippen molar-refractivity contribution in [2.45, 2.75) is 50.9 Å². The lowest BCUT2D eigenvalue weighted by molar-refractivity contribution is -0.0692. The van der Waals surface area contributed by atoms with Crippen molar-refractivity contribution in [3.8, 4) is 11.1 Å². The van der Waals surface area contributed by atoms with Crippen LogP contribution in [0.15, 0.2) is 36.4 Å². The number of carbonyl (C=O) groups excluding carboxylic acids is 2.